The van der Waals surface area contributed by atoms with E-state index in [9.17, 15) is 0 Å². The summed E-state index contributed by atoms with van der Waals surface area (Å²) in [6, 6.07) is 2.00. The number of hydrogen-bond acceptors (Lipinski definition) is 6. The van der Waals surface area contributed by atoms with Crippen LogP contribution in [0.1, 0.15) is 31.0 Å². The summed E-state index contributed by atoms with van der Waals surface area (Å²) >= 11 is 0. The molecule has 0 aliphatic carbocycles. The summed E-state index contributed by atoms with van der Waals surface area (Å²) in [4.78, 5) is 12.7. The highest BCUT2D eigenvalue weighted by molar-refractivity contribution is 5.71. The van der Waals surface area contributed by atoms with Gasteiger partial charge in [0.05, 0.1) is 6.20 Å². The number of nitrogens with two attached hydrogens (primary N) is 1. The maximum absolute atomic E-state index is 5.94. The molecule has 0 saturated heterocycles. The van der Waals surface area contributed by atoms with Gasteiger partial charge in [0.25, 0.3) is 0 Å². The van der Waals surface area contributed by atoms with E-state index in [0.717, 1.165) is 16.9 Å². The van der Waals surface area contributed by atoms with Gasteiger partial charge in [-0.3, -0.25) is 4.98 Å². The van der Waals surface area contributed by atoms with Crippen molar-refractivity contribution in [1.82, 2.24) is 15.0 Å². The van der Waals surface area contributed by atoms with Crippen molar-refractivity contribution in [3.05, 3.63) is 29.7 Å². The van der Waals surface area contributed by atoms with Crippen molar-refractivity contribution in [3.8, 4) is 0 Å². The molecule has 0 aromatic carbocycles. The average molecular weight is 272 g/mol. The first-order valence-corrected chi connectivity index (χ1v) is 6.55. The summed E-state index contributed by atoms with van der Waals surface area (Å²) in [5.74, 6) is 1.28. The van der Waals surface area contributed by atoms with Crippen molar-refractivity contribution < 1.29 is 0 Å². The Balaban J connectivity index is 2.36. The fourth-order valence-electron chi connectivity index (χ4n) is 1.90. The monoisotopic (exact) mass is 272 g/mol. The first-order chi connectivity index (χ1) is 9.51. The molecule has 0 aliphatic heterocycles. The number of aryl methyl sites for hydroxylation is 1. The van der Waals surface area contributed by atoms with E-state index in [2.05, 4.69) is 39.4 Å². The molecule has 6 heteroatoms. The van der Waals surface area contributed by atoms with Gasteiger partial charge in [-0.1, -0.05) is 13.8 Å². The molecule has 2 heterocycles. The lowest BCUT2D eigenvalue weighted by atomic mass is 10.0. The zero-order valence-corrected chi connectivity index (χ0v) is 12.2. The second-order valence-electron chi connectivity index (χ2n) is 4.94. The molecule has 0 bridgehead atoms. The van der Waals surface area contributed by atoms with Gasteiger partial charge in [-0.2, -0.15) is 4.98 Å². The highest BCUT2D eigenvalue weighted by atomic mass is 15.1. The van der Waals surface area contributed by atoms with E-state index in [1.807, 2.05) is 19.2 Å². The van der Waals surface area contributed by atoms with Gasteiger partial charge < -0.3 is 16.4 Å². The predicted molar refractivity (Wildman–Crippen MR) is 82.3 cm³/mol. The number of nitrogens with zero attached hydrogens (tertiary/aromatic N) is 3. The minimum Gasteiger partial charge on any atom is -0.382 e. The minimum absolute atomic E-state index is 0.365. The number of hydrogen-bond donors (Lipinski definition) is 3. The maximum Gasteiger partial charge on any atom is 0.224 e. The van der Waals surface area contributed by atoms with Crippen LogP contribution in [0, 0.1) is 6.92 Å². The quantitative estimate of drug-likeness (QED) is 0.793. The smallest absolute Gasteiger partial charge is 0.224 e. The lowest BCUT2D eigenvalue weighted by molar-refractivity contribution is 0.858. The summed E-state index contributed by atoms with van der Waals surface area (Å²) in [7, 11) is 1.75. The van der Waals surface area contributed by atoms with Gasteiger partial charge in [0.15, 0.2) is 5.82 Å². The number of pyridine rings is 1. The third kappa shape index (κ3) is 2.96. The molecular weight excluding hydrogens is 252 g/mol. The average Bonchev–Trinajstić information content (AvgIpc) is 2.40. The molecule has 0 radical (unpaired) electrons. The van der Waals surface area contributed by atoms with Gasteiger partial charge in [-0.05, 0) is 24.5 Å². The van der Waals surface area contributed by atoms with Crippen molar-refractivity contribution in [3.63, 3.8) is 0 Å². The normalized spacial score (nSPS) is 10.7. The first-order valence-electron chi connectivity index (χ1n) is 6.55. The van der Waals surface area contributed by atoms with E-state index < -0.39 is 0 Å². The van der Waals surface area contributed by atoms with Crippen LogP contribution in [0.5, 0.6) is 0 Å². The highest BCUT2D eigenvalue weighted by Crippen LogP contribution is 2.28. The van der Waals surface area contributed by atoms with Crippen molar-refractivity contribution in [2.45, 2.75) is 26.7 Å². The summed E-state index contributed by atoms with van der Waals surface area (Å²) in [5.41, 5.74) is 9.70. The van der Waals surface area contributed by atoms with Gasteiger partial charge in [-0.15, -0.1) is 0 Å². The Hall–Kier alpha value is -2.37. The van der Waals surface area contributed by atoms with Gasteiger partial charge in [0.1, 0.15) is 5.69 Å². The van der Waals surface area contributed by atoms with Crippen LogP contribution in [0.3, 0.4) is 0 Å². The number of aromatic nitrogens is 3. The molecule has 0 unspecified atom stereocenters. The molecule has 20 heavy (non-hydrogen) atoms. The third-order valence-corrected chi connectivity index (χ3v) is 3.00. The number of nitrogen functional groups attached to an aromatic ring is 1. The largest absolute Gasteiger partial charge is 0.382 e. The maximum atomic E-state index is 5.94. The molecule has 0 amide bonds. The van der Waals surface area contributed by atoms with Crippen LogP contribution in [0.25, 0.3) is 0 Å². The zero-order valence-electron chi connectivity index (χ0n) is 12.2. The van der Waals surface area contributed by atoms with E-state index in [0.29, 0.717) is 23.4 Å². The summed E-state index contributed by atoms with van der Waals surface area (Å²) < 4.78 is 0. The van der Waals surface area contributed by atoms with Gasteiger partial charge in [0.2, 0.25) is 5.95 Å². The van der Waals surface area contributed by atoms with Crippen molar-refractivity contribution >= 4 is 23.1 Å². The molecule has 2 rings (SSSR count). The van der Waals surface area contributed by atoms with Crippen LogP contribution in [0.2, 0.25) is 0 Å². The number of nitrogens with one attached hydrogen (secondary N) is 2. The lowest BCUT2D eigenvalue weighted by Crippen LogP contribution is -2.06. The Kier molecular flexibility index (Phi) is 4.02. The van der Waals surface area contributed by atoms with Crippen molar-refractivity contribution in [2.75, 3.05) is 23.4 Å². The number of rotatable bonds is 4. The Labute approximate surface area is 118 Å². The van der Waals surface area contributed by atoms with Gasteiger partial charge in [0, 0.05) is 24.6 Å². The second-order valence-corrected chi connectivity index (χ2v) is 4.94. The molecule has 6 nitrogen and oxygen atoms in total. The van der Waals surface area contributed by atoms with Crippen LogP contribution in [0.4, 0.5) is 23.1 Å². The molecule has 2 aromatic heterocycles. The summed E-state index contributed by atoms with van der Waals surface area (Å²) in [5, 5.41) is 6.15. The summed E-state index contributed by atoms with van der Waals surface area (Å²) in [6.45, 7) is 6.21. The Bertz CT molecular complexity index is 609. The predicted octanol–water partition coefficient (Wildman–Crippen LogP) is 2.67. The lowest BCUT2D eigenvalue weighted by Gasteiger charge is -2.15. The SMILES string of the molecule is CNc1ncc(Nc2cc(C)ncc2C(C)C)c(N)n1. The zero-order chi connectivity index (χ0) is 14.7. The fourth-order valence-corrected chi connectivity index (χ4v) is 1.90. The van der Waals surface area contributed by atoms with Crippen LogP contribution >= 0.6 is 0 Å². The molecule has 0 spiro atoms. The van der Waals surface area contributed by atoms with Gasteiger partial charge >= 0.3 is 0 Å². The van der Waals surface area contributed by atoms with Gasteiger partial charge in [-0.25, -0.2) is 4.98 Å². The molecule has 0 fully saturated rings. The van der Waals surface area contributed by atoms with Crippen LogP contribution in [-0.4, -0.2) is 22.0 Å². The molecule has 4 N–H and O–H groups in total. The standard InChI is InChI=1S/C14H20N6/c1-8(2)10-6-17-9(3)5-11(10)19-12-7-18-14(16-4)20-13(12)15/h5-8H,1-4H3,(H,17,19)(H3,15,16,18,20). The van der Waals surface area contributed by atoms with E-state index in [1.54, 1.807) is 13.2 Å². The van der Waals surface area contributed by atoms with E-state index in [1.165, 1.54) is 0 Å². The minimum atomic E-state index is 0.365. The van der Waals surface area contributed by atoms with Crippen molar-refractivity contribution in [1.29, 1.82) is 0 Å². The van der Waals surface area contributed by atoms with Crippen LogP contribution < -0.4 is 16.4 Å². The molecule has 2 aromatic rings. The molecule has 0 aliphatic rings. The molecule has 0 atom stereocenters. The first kappa shape index (κ1) is 14.0. The Morgan fingerprint density at radius 1 is 1.15 bits per heavy atom. The van der Waals surface area contributed by atoms with Crippen LogP contribution in [-0.2, 0) is 0 Å². The Morgan fingerprint density at radius 2 is 1.90 bits per heavy atom. The summed E-state index contributed by atoms with van der Waals surface area (Å²) in [6.07, 6.45) is 3.56. The molecular formula is C14H20N6. The third-order valence-electron chi connectivity index (χ3n) is 3.00. The topological polar surface area (TPSA) is 88.8 Å². The number of anilines is 4. The second kappa shape index (κ2) is 5.73. The Morgan fingerprint density at radius 3 is 2.50 bits per heavy atom. The van der Waals surface area contributed by atoms with E-state index in [4.69, 9.17) is 5.73 Å². The van der Waals surface area contributed by atoms with E-state index >= 15 is 0 Å². The fraction of sp³-hybridized carbons (Fsp3) is 0.357. The molecule has 106 valence electrons. The van der Waals surface area contributed by atoms with E-state index in [-0.39, 0.29) is 0 Å². The van der Waals surface area contributed by atoms with Crippen LogP contribution in [0.15, 0.2) is 18.5 Å². The highest BCUT2D eigenvalue weighted by Gasteiger charge is 2.10. The van der Waals surface area contributed by atoms with Crippen molar-refractivity contribution in [2.24, 2.45) is 0 Å². The molecule has 0 saturated carbocycles.